The van der Waals surface area contributed by atoms with Crippen molar-refractivity contribution in [3.05, 3.63) is 53.5 Å². The molecule has 0 bridgehead atoms. The lowest BCUT2D eigenvalue weighted by Crippen LogP contribution is -2.19. The van der Waals surface area contributed by atoms with E-state index in [0.29, 0.717) is 24.1 Å². The first-order valence-corrected chi connectivity index (χ1v) is 9.42. The summed E-state index contributed by atoms with van der Waals surface area (Å²) in [6, 6.07) is 5.80. The second-order valence-electron chi connectivity index (χ2n) is 7.07. The van der Waals surface area contributed by atoms with Crippen LogP contribution < -0.4 is 5.32 Å². The molecule has 3 heterocycles. The second-order valence-corrected chi connectivity index (χ2v) is 7.07. The van der Waals surface area contributed by atoms with Crippen LogP contribution in [0.2, 0.25) is 0 Å². The molecule has 31 heavy (non-hydrogen) atoms. The molecule has 2 N–H and O–H groups in total. The minimum absolute atomic E-state index is 0.0595. The number of hydrogen-bond acceptors (Lipinski definition) is 5. The molecule has 1 aromatic carbocycles. The average molecular weight is 434 g/mol. The number of carboxylic acid groups (broad SMARTS) is 1. The monoisotopic (exact) mass is 434 g/mol. The molecule has 0 spiro atoms. The summed E-state index contributed by atoms with van der Waals surface area (Å²) < 4.78 is 45.7. The van der Waals surface area contributed by atoms with Gasteiger partial charge in [0.15, 0.2) is 0 Å². The fourth-order valence-electron chi connectivity index (χ4n) is 3.41. The molecule has 1 aliphatic rings. The Hall–Kier alpha value is -3.47. The Morgan fingerprint density at radius 1 is 1.19 bits per heavy atom. The fourth-order valence-corrected chi connectivity index (χ4v) is 3.41. The summed E-state index contributed by atoms with van der Waals surface area (Å²) in [6.07, 6.45) is -1.43. The fraction of sp³-hybridized carbons (Fsp3) is 0.300. The lowest BCUT2D eigenvalue weighted by molar-refractivity contribution is -0.141. The number of carboxylic acids is 1. The van der Waals surface area contributed by atoms with Crippen LogP contribution in [0.3, 0.4) is 0 Å². The minimum Gasteiger partial charge on any atom is -0.478 e. The number of aromatic nitrogens is 3. The van der Waals surface area contributed by atoms with Gasteiger partial charge >= 0.3 is 12.1 Å². The highest BCUT2D eigenvalue weighted by Gasteiger charge is 2.33. The van der Waals surface area contributed by atoms with E-state index in [0.717, 1.165) is 31.0 Å². The van der Waals surface area contributed by atoms with Gasteiger partial charge in [-0.3, -0.25) is 9.48 Å². The number of aromatic carboxylic acids is 1. The van der Waals surface area contributed by atoms with E-state index in [9.17, 15) is 27.9 Å². The molecule has 0 unspecified atom stereocenters. The van der Waals surface area contributed by atoms with E-state index in [1.54, 1.807) is 10.9 Å². The number of amides is 1. The van der Waals surface area contributed by atoms with Crippen molar-refractivity contribution in [3.8, 4) is 0 Å². The Bertz CT molecular complexity index is 1150. The van der Waals surface area contributed by atoms with E-state index in [1.165, 1.54) is 12.1 Å². The number of carbonyl (C=O) groups is 2. The van der Waals surface area contributed by atoms with Gasteiger partial charge in [-0.1, -0.05) is 6.07 Å². The molecule has 0 atom stereocenters. The van der Waals surface area contributed by atoms with E-state index >= 15 is 0 Å². The third-order valence-corrected chi connectivity index (χ3v) is 4.98. The predicted octanol–water partition coefficient (Wildman–Crippen LogP) is 3.75. The smallest absolute Gasteiger partial charge is 0.433 e. The quantitative estimate of drug-likeness (QED) is 0.648. The van der Waals surface area contributed by atoms with Crippen molar-refractivity contribution < 1.29 is 32.6 Å². The lowest BCUT2D eigenvalue weighted by Gasteiger charge is -2.22. The van der Waals surface area contributed by atoms with Gasteiger partial charge in [-0.25, -0.2) is 9.78 Å². The largest absolute Gasteiger partial charge is 0.478 e. The zero-order valence-corrected chi connectivity index (χ0v) is 16.0. The van der Waals surface area contributed by atoms with Crippen molar-refractivity contribution in [3.63, 3.8) is 0 Å². The molecule has 11 heteroatoms. The molecule has 2 aromatic heterocycles. The van der Waals surface area contributed by atoms with Crippen LogP contribution in [0.5, 0.6) is 0 Å². The number of halogens is 3. The van der Waals surface area contributed by atoms with Gasteiger partial charge in [0.2, 0.25) is 0 Å². The number of nitrogens with zero attached hydrogens (tertiary/aromatic N) is 3. The van der Waals surface area contributed by atoms with Crippen LogP contribution >= 0.6 is 0 Å². The van der Waals surface area contributed by atoms with Crippen LogP contribution in [0, 0.1) is 0 Å². The Balaban J connectivity index is 1.66. The molecule has 1 saturated heterocycles. The van der Waals surface area contributed by atoms with Gasteiger partial charge in [0, 0.05) is 24.8 Å². The molecule has 0 saturated carbocycles. The van der Waals surface area contributed by atoms with Crippen molar-refractivity contribution in [1.29, 1.82) is 0 Å². The lowest BCUT2D eigenvalue weighted by atomic mass is 10.1. The van der Waals surface area contributed by atoms with Gasteiger partial charge in [0.25, 0.3) is 5.91 Å². The second kappa shape index (κ2) is 7.99. The normalized spacial score (nSPS) is 15.2. The number of nitrogens with one attached hydrogen (secondary N) is 1. The zero-order valence-electron chi connectivity index (χ0n) is 16.0. The maximum atomic E-state index is 12.9. The first-order valence-electron chi connectivity index (χ1n) is 9.42. The Kier molecular flexibility index (Phi) is 5.36. The summed E-state index contributed by atoms with van der Waals surface area (Å²) >= 11 is 0. The van der Waals surface area contributed by atoms with Gasteiger partial charge in [-0.15, -0.1) is 0 Å². The number of pyridine rings is 1. The van der Waals surface area contributed by atoms with Gasteiger partial charge in [0.1, 0.15) is 11.4 Å². The maximum Gasteiger partial charge on any atom is 0.433 e. The van der Waals surface area contributed by atoms with Crippen molar-refractivity contribution >= 4 is 28.5 Å². The van der Waals surface area contributed by atoms with E-state index < -0.39 is 29.4 Å². The molecule has 1 aliphatic heterocycles. The molecule has 0 radical (unpaired) electrons. The molecule has 3 aromatic rings. The van der Waals surface area contributed by atoms with E-state index in [4.69, 9.17) is 4.74 Å². The first kappa shape index (κ1) is 20.8. The Morgan fingerprint density at radius 2 is 1.94 bits per heavy atom. The number of ether oxygens (including phenoxy) is 1. The standard InChI is InChI=1S/C20H17F3N4O4/c21-20(22,23)17-3-1-2-14(24-17)18(28)25-16-8-11-10-27(12-4-6-31-7-5-12)26-15(11)9-13(16)19(29)30/h1-3,8-10,12H,4-7H2,(H,25,28)(H,29,30). The summed E-state index contributed by atoms with van der Waals surface area (Å²) in [5, 5.41) is 16.9. The molecule has 8 nitrogen and oxygen atoms in total. The van der Waals surface area contributed by atoms with Crippen LogP contribution in [-0.2, 0) is 10.9 Å². The first-order chi connectivity index (χ1) is 14.7. The van der Waals surface area contributed by atoms with Crippen molar-refractivity contribution in [2.24, 2.45) is 0 Å². The van der Waals surface area contributed by atoms with Crippen molar-refractivity contribution in [2.45, 2.75) is 25.1 Å². The van der Waals surface area contributed by atoms with Crippen LogP contribution in [0.25, 0.3) is 10.9 Å². The molecule has 0 aliphatic carbocycles. The molecule has 1 fully saturated rings. The summed E-state index contributed by atoms with van der Waals surface area (Å²) in [6.45, 7) is 1.21. The summed E-state index contributed by atoms with van der Waals surface area (Å²) in [7, 11) is 0. The Labute approximate surface area is 173 Å². The van der Waals surface area contributed by atoms with Crippen LogP contribution in [0.1, 0.15) is 45.4 Å². The molecule has 162 valence electrons. The summed E-state index contributed by atoms with van der Waals surface area (Å²) in [4.78, 5) is 27.5. The SMILES string of the molecule is O=C(Nc1cc2cn(C3CCOCC3)nc2cc1C(=O)O)c1cccc(C(F)(F)F)n1. The van der Waals surface area contributed by atoms with Crippen LogP contribution in [0.4, 0.5) is 18.9 Å². The number of hydrogen-bond donors (Lipinski definition) is 2. The van der Waals surface area contributed by atoms with Crippen molar-refractivity contribution in [1.82, 2.24) is 14.8 Å². The summed E-state index contributed by atoms with van der Waals surface area (Å²) in [5.74, 6) is -2.26. The molecular weight excluding hydrogens is 417 g/mol. The van der Waals surface area contributed by atoms with E-state index in [-0.39, 0.29) is 17.3 Å². The third-order valence-electron chi connectivity index (χ3n) is 4.98. The number of carbonyl (C=O) groups excluding carboxylic acids is 1. The highest BCUT2D eigenvalue weighted by Crippen LogP contribution is 2.29. The minimum atomic E-state index is -4.71. The van der Waals surface area contributed by atoms with Gasteiger partial charge in [-0.05, 0) is 37.1 Å². The third kappa shape index (κ3) is 4.36. The average Bonchev–Trinajstić information content (AvgIpc) is 3.16. The summed E-state index contributed by atoms with van der Waals surface area (Å²) in [5.41, 5.74) is -1.56. The van der Waals surface area contributed by atoms with E-state index in [2.05, 4.69) is 15.4 Å². The van der Waals surface area contributed by atoms with Crippen molar-refractivity contribution in [2.75, 3.05) is 18.5 Å². The number of fused-ring (bicyclic) bond motifs is 1. The van der Waals surface area contributed by atoms with E-state index in [1.807, 2.05) is 0 Å². The number of rotatable bonds is 4. The molecular formula is C20H17F3N4O4. The predicted molar refractivity (Wildman–Crippen MR) is 103 cm³/mol. The van der Waals surface area contributed by atoms with Crippen LogP contribution in [0.15, 0.2) is 36.5 Å². The van der Waals surface area contributed by atoms with Crippen LogP contribution in [-0.4, -0.2) is 45.0 Å². The van der Waals surface area contributed by atoms with Gasteiger partial charge in [0.05, 0.1) is 22.8 Å². The maximum absolute atomic E-state index is 12.9. The number of benzene rings is 1. The highest BCUT2D eigenvalue weighted by molar-refractivity contribution is 6.08. The highest BCUT2D eigenvalue weighted by atomic mass is 19.4. The zero-order chi connectivity index (χ0) is 22.2. The Morgan fingerprint density at radius 3 is 2.61 bits per heavy atom. The number of anilines is 1. The molecule has 4 rings (SSSR count). The number of alkyl halides is 3. The van der Waals surface area contributed by atoms with Gasteiger partial charge < -0.3 is 15.2 Å². The topological polar surface area (TPSA) is 106 Å². The van der Waals surface area contributed by atoms with Gasteiger partial charge in [-0.2, -0.15) is 18.3 Å². The molecule has 1 amide bonds.